The average Bonchev–Trinajstić information content (AvgIpc) is 3.84. The van der Waals surface area contributed by atoms with Gasteiger partial charge >= 0.3 is 0 Å². The van der Waals surface area contributed by atoms with Crippen LogP contribution in [0, 0.1) is 0 Å². The minimum absolute atomic E-state index is 0.0683. The molecular weight excluding hydrogens is 556 g/mol. The quantitative estimate of drug-likeness (QED) is 0.247. The molecule has 0 spiro atoms. The van der Waals surface area contributed by atoms with E-state index in [1.54, 1.807) is 56.7 Å². The Bertz CT molecular complexity index is 1500. The lowest BCUT2D eigenvalue weighted by molar-refractivity contribution is -0.143. The van der Waals surface area contributed by atoms with Crippen LogP contribution < -0.4 is 19.5 Å². The van der Waals surface area contributed by atoms with E-state index in [4.69, 9.17) is 23.4 Å². The molecule has 5 rings (SSSR count). The van der Waals surface area contributed by atoms with Crippen LogP contribution in [0.25, 0.3) is 11.4 Å². The molecule has 2 amide bonds. The number of carbonyl (C=O) groups is 2. The Hall–Kier alpha value is -4.91. The van der Waals surface area contributed by atoms with Crippen LogP contribution in [0.5, 0.6) is 17.2 Å². The molecule has 13 nitrogen and oxygen atoms in total. The van der Waals surface area contributed by atoms with Crippen LogP contribution in [0.15, 0.2) is 65.3 Å². The van der Waals surface area contributed by atoms with Crippen molar-refractivity contribution >= 4 is 11.8 Å². The van der Waals surface area contributed by atoms with Crippen molar-refractivity contribution in [2.45, 2.75) is 38.1 Å². The standard InChI is InChI=1S/C30H34N6O7/c1-39-22-11-8-20(9-12-22)18-35(28(25-7-5-15-43-25)30(38)31-17-23-6-4-14-42-23)27(37)19-36-33-29(32-34-36)21-10-13-24(40-2)26(16-21)41-3/h5,7-13,15-16,23,28H,4,6,14,17-19H2,1-3H3,(H,31,38)/t23-,28-/m1/s1. The second-order valence-electron chi connectivity index (χ2n) is 9.88. The molecule has 13 heteroatoms. The van der Waals surface area contributed by atoms with Gasteiger partial charge in [-0.15, -0.1) is 10.2 Å². The highest BCUT2D eigenvalue weighted by Gasteiger charge is 2.34. The lowest BCUT2D eigenvalue weighted by Gasteiger charge is -2.30. The van der Waals surface area contributed by atoms with Gasteiger partial charge in [0.25, 0.3) is 5.91 Å². The molecule has 0 saturated carbocycles. The van der Waals surface area contributed by atoms with Gasteiger partial charge in [0.2, 0.25) is 11.7 Å². The Kier molecular flexibility index (Phi) is 9.52. The van der Waals surface area contributed by atoms with Crippen LogP contribution in [-0.4, -0.2) is 77.5 Å². The maximum atomic E-state index is 14.0. The summed E-state index contributed by atoms with van der Waals surface area (Å²) in [6.07, 6.45) is 3.21. The number of amides is 2. The normalized spacial score (nSPS) is 15.1. The van der Waals surface area contributed by atoms with Crippen LogP contribution in [-0.2, 0) is 27.4 Å². The predicted octanol–water partition coefficient (Wildman–Crippen LogP) is 3.02. The molecule has 1 aliphatic rings. The number of furan rings is 1. The van der Waals surface area contributed by atoms with Crippen LogP contribution in [0.1, 0.15) is 30.2 Å². The van der Waals surface area contributed by atoms with E-state index in [2.05, 4.69) is 20.7 Å². The first-order valence-corrected chi connectivity index (χ1v) is 13.8. The number of aromatic nitrogens is 4. The zero-order chi connectivity index (χ0) is 30.2. The van der Waals surface area contributed by atoms with E-state index in [-0.39, 0.29) is 25.1 Å². The molecule has 1 saturated heterocycles. The molecule has 2 atom stereocenters. The van der Waals surface area contributed by atoms with Gasteiger partial charge < -0.3 is 33.6 Å². The summed E-state index contributed by atoms with van der Waals surface area (Å²) in [5.41, 5.74) is 1.42. The molecule has 1 fully saturated rings. The zero-order valence-corrected chi connectivity index (χ0v) is 24.3. The summed E-state index contributed by atoms with van der Waals surface area (Å²) in [5, 5.41) is 15.6. The van der Waals surface area contributed by atoms with Gasteiger partial charge in [0.05, 0.1) is 33.7 Å². The fourth-order valence-corrected chi connectivity index (χ4v) is 4.85. The lowest BCUT2D eigenvalue weighted by atomic mass is 10.1. The Morgan fingerprint density at radius 3 is 2.56 bits per heavy atom. The van der Waals surface area contributed by atoms with E-state index >= 15 is 0 Å². The fraction of sp³-hybridized carbons (Fsp3) is 0.367. The van der Waals surface area contributed by atoms with Gasteiger partial charge in [-0.1, -0.05) is 12.1 Å². The number of hydrogen-bond acceptors (Lipinski definition) is 10. The molecule has 3 heterocycles. The highest BCUT2D eigenvalue weighted by Crippen LogP contribution is 2.31. The van der Waals surface area contributed by atoms with Gasteiger partial charge in [0.15, 0.2) is 17.5 Å². The van der Waals surface area contributed by atoms with Gasteiger partial charge in [-0.3, -0.25) is 9.59 Å². The molecule has 2 aromatic heterocycles. The summed E-state index contributed by atoms with van der Waals surface area (Å²) < 4.78 is 27.3. The van der Waals surface area contributed by atoms with E-state index in [1.165, 1.54) is 23.1 Å². The molecule has 43 heavy (non-hydrogen) atoms. The van der Waals surface area contributed by atoms with Crippen molar-refractivity contribution in [2.75, 3.05) is 34.5 Å². The van der Waals surface area contributed by atoms with Crippen molar-refractivity contribution < 1.29 is 33.0 Å². The van der Waals surface area contributed by atoms with Crippen molar-refractivity contribution in [1.82, 2.24) is 30.4 Å². The predicted molar refractivity (Wildman–Crippen MR) is 153 cm³/mol. The molecule has 2 aromatic carbocycles. The maximum Gasteiger partial charge on any atom is 0.250 e. The SMILES string of the molecule is COc1ccc(CN(C(=O)Cn2nnc(-c3ccc(OC)c(OC)c3)n2)[C@@H](C(=O)NC[C@H]2CCCO2)c2ccco2)cc1. The largest absolute Gasteiger partial charge is 0.497 e. The van der Waals surface area contributed by atoms with E-state index in [9.17, 15) is 9.59 Å². The smallest absolute Gasteiger partial charge is 0.250 e. The van der Waals surface area contributed by atoms with E-state index in [0.29, 0.717) is 47.5 Å². The van der Waals surface area contributed by atoms with Crippen molar-refractivity contribution in [3.8, 4) is 28.6 Å². The van der Waals surface area contributed by atoms with Crippen molar-refractivity contribution in [1.29, 1.82) is 0 Å². The summed E-state index contributed by atoms with van der Waals surface area (Å²) in [6.45, 7) is 0.839. The van der Waals surface area contributed by atoms with Crippen LogP contribution in [0.4, 0.5) is 0 Å². The van der Waals surface area contributed by atoms with Crippen molar-refractivity contribution in [3.05, 3.63) is 72.2 Å². The first-order valence-electron chi connectivity index (χ1n) is 13.8. The summed E-state index contributed by atoms with van der Waals surface area (Å²) in [4.78, 5) is 30.3. The van der Waals surface area contributed by atoms with E-state index in [1.807, 2.05) is 12.1 Å². The Morgan fingerprint density at radius 1 is 1.07 bits per heavy atom. The van der Waals surface area contributed by atoms with Crippen LogP contribution in [0.3, 0.4) is 0 Å². The maximum absolute atomic E-state index is 14.0. The van der Waals surface area contributed by atoms with Crippen LogP contribution in [0.2, 0.25) is 0 Å². The number of tetrazole rings is 1. The molecule has 0 bridgehead atoms. The van der Waals surface area contributed by atoms with Gasteiger partial charge in [-0.05, 0) is 66.1 Å². The third kappa shape index (κ3) is 7.12. The molecular formula is C30H34N6O7. The number of nitrogens with zero attached hydrogens (tertiary/aromatic N) is 5. The number of nitrogens with one attached hydrogen (secondary N) is 1. The van der Waals surface area contributed by atoms with Gasteiger partial charge in [0.1, 0.15) is 18.1 Å². The highest BCUT2D eigenvalue weighted by molar-refractivity contribution is 5.88. The third-order valence-corrected chi connectivity index (χ3v) is 7.10. The average molecular weight is 591 g/mol. The van der Waals surface area contributed by atoms with Gasteiger partial charge in [0, 0.05) is 25.3 Å². The number of rotatable bonds is 13. The van der Waals surface area contributed by atoms with Crippen molar-refractivity contribution in [3.63, 3.8) is 0 Å². The summed E-state index contributed by atoms with van der Waals surface area (Å²) in [7, 11) is 4.67. The lowest BCUT2D eigenvalue weighted by Crippen LogP contribution is -2.46. The second kappa shape index (κ2) is 13.8. The van der Waals surface area contributed by atoms with Crippen LogP contribution >= 0.6 is 0 Å². The molecule has 0 unspecified atom stereocenters. The van der Waals surface area contributed by atoms with E-state index < -0.39 is 11.9 Å². The van der Waals surface area contributed by atoms with Crippen molar-refractivity contribution in [2.24, 2.45) is 0 Å². The minimum Gasteiger partial charge on any atom is -0.497 e. The number of ether oxygens (including phenoxy) is 4. The molecule has 1 N–H and O–H groups in total. The summed E-state index contributed by atoms with van der Waals surface area (Å²) in [6, 6.07) is 14.8. The third-order valence-electron chi connectivity index (χ3n) is 7.10. The second-order valence-corrected chi connectivity index (χ2v) is 9.88. The number of carbonyl (C=O) groups excluding carboxylic acids is 2. The zero-order valence-electron chi connectivity index (χ0n) is 24.3. The summed E-state index contributed by atoms with van der Waals surface area (Å²) in [5.74, 6) is 1.56. The molecule has 0 aliphatic carbocycles. The van der Waals surface area contributed by atoms with Gasteiger partial charge in [-0.2, -0.15) is 4.80 Å². The highest BCUT2D eigenvalue weighted by atomic mass is 16.5. The minimum atomic E-state index is -1.06. The monoisotopic (exact) mass is 590 g/mol. The Labute approximate surface area is 248 Å². The number of benzene rings is 2. The van der Waals surface area contributed by atoms with E-state index in [0.717, 1.165) is 18.4 Å². The molecule has 0 radical (unpaired) electrons. The molecule has 4 aromatic rings. The molecule has 1 aliphatic heterocycles. The first-order chi connectivity index (χ1) is 21.0. The topological polar surface area (TPSA) is 143 Å². The first kappa shape index (κ1) is 29.6. The summed E-state index contributed by atoms with van der Waals surface area (Å²) >= 11 is 0. The molecule has 226 valence electrons. The Morgan fingerprint density at radius 2 is 1.88 bits per heavy atom. The number of hydrogen-bond donors (Lipinski definition) is 1. The van der Waals surface area contributed by atoms with Gasteiger partial charge in [-0.25, -0.2) is 0 Å². The number of methoxy groups -OCH3 is 3. The fourth-order valence-electron chi connectivity index (χ4n) is 4.85. The Balaban J connectivity index is 1.41.